The molecule has 0 aliphatic carbocycles. The zero-order valence-electron chi connectivity index (χ0n) is 9.26. The number of pyridine rings is 1. The second-order valence-electron chi connectivity index (χ2n) is 3.46. The number of nitrogens with zero attached hydrogens (tertiary/aromatic N) is 3. The van der Waals surface area contributed by atoms with Gasteiger partial charge >= 0.3 is 5.97 Å². The van der Waals surface area contributed by atoms with Crippen LogP contribution in [-0.4, -0.2) is 31.2 Å². The van der Waals surface area contributed by atoms with Gasteiger partial charge in [0.15, 0.2) is 5.16 Å². The van der Waals surface area contributed by atoms with Crippen LogP contribution in [-0.2, 0) is 0 Å². The van der Waals surface area contributed by atoms with Gasteiger partial charge in [-0.1, -0.05) is 0 Å². The van der Waals surface area contributed by atoms with Crippen molar-refractivity contribution in [1.82, 2.24) is 20.2 Å². The summed E-state index contributed by atoms with van der Waals surface area (Å²) < 4.78 is 0. The molecule has 0 aliphatic rings. The summed E-state index contributed by atoms with van der Waals surface area (Å²) in [5, 5.41) is 16.5. The molecule has 6 nitrogen and oxygen atoms in total. The van der Waals surface area contributed by atoms with Gasteiger partial charge in [0.05, 0.1) is 5.56 Å². The lowest BCUT2D eigenvalue weighted by Crippen LogP contribution is -2.05. The van der Waals surface area contributed by atoms with E-state index in [0.29, 0.717) is 15.7 Å². The van der Waals surface area contributed by atoms with Gasteiger partial charge in [-0.15, -0.1) is 0 Å². The van der Waals surface area contributed by atoms with Gasteiger partial charge in [-0.2, -0.15) is 5.10 Å². The maximum absolute atomic E-state index is 11.2. The lowest BCUT2D eigenvalue weighted by Gasteiger charge is -2.07. The molecule has 0 saturated carbocycles. The summed E-state index contributed by atoms with van der Waals surface area (Å²) in [7, 11) is 0. The van der Waals surface area contributed by atoms with Gasteiger partial charge in [-0.05, 0) is 37.2 Å². The van der Waals surface area contributed by atoms with Crippen molar-refractivity contribution in [3.8, 4) is 0 Å². The van der Waals surface area contributed by atoms with Crippen LogP contribution in [0.2, 0.25) is 0 Å². The van der Waals surface area contributed by atoms with E-state index in [1.165, 1.54) is 6.33 Å². The van der Waals surface area contributed by atoms with Gasteiger partial charge < -0.3 is 5.11 Å². The molecule has 2 aromatic heterocycles. The van der Waals surface area contributed by atoms with Crippen LogP contribution in [0.5, 0.6) is 0 Å². The number of hydrogen-bond acceptors (Lipinski definition) is 5. The fraction of sp³-hybridized carbons (Fsp3) is 0.200. The van der Waals surface area contributed by atoms with E-state index in [2.05, 4.69) is 20.2 Å². The lowest BCUT2D eigenvalue weighted by atomic mass is 10.1. The van der Waals surface area contributed by atoms with Crippen molar-refractivity contribution < 1.29 is 9.90 Å². The molecule has 2 heterocycles. The standard InChI is InChI=1S/C10H10N4O2S/c1-5-3-6(2)13-8(7(5)9(15)16)17-10-11-4-12-14-10/h3-4H,1-2H3,(H,15,16)(H,11,12,14). The first-order valence-electron chi connectivity index (χ1n) is 4.82. The predicted molar refractivity (Wildman–Crippen MR) is 61.2 cm³/mol. The number of hydrogen-bond donors (Lipinski definition) is 2. The highest BCUT2D eigenvalue weighted by Crippen LogP contribution is 2.28. The third-order valence-corrected chi connectivity index (χ3v) is 2.99. The quantitative estimate of drug-likeness (QED) is 0.860. The Morgan fingerprint density at radius 2 is 2.24 bits per heavy atom. The number of aromatic nitrogens is 4. The average Bonchev–Trinajstić information content (AvgIpc) is 2.68. The molecule has 2 rings (SSSR count). The van der Waals surface area contributed by atoms with Crippen LogP contribution in [0.1, 0.15) is 21.6 Å². The minimum Gasteiger partial charge on any atom is -0.478 e. The molecule has 7 heteroatoms. The van der Waals surface area contributed by atoms with E-state index >= 15 is 0 Å². The molecular formula is C10H10N4O2S. The van der Waals surface area contributed by atoms with Crippen molar-refractivity contribution in [2.45, 2.75) is 24.0 Å². The van der Waals surface area contributed by atoms with E-state index in [4.69, 9.17) is 5.11 Å². The van der Waals surface area contributed by atoms with E-state index in [1.807, 2.05) is 6.92 Å². The van der Waals surface area contributed by atoms with Crippen LogP contribution in [0.3, 0.4) is 0 Å². The van der Waals surface area contributed by atoms with Crippen molar-refractivity contribution in [2.24, 2.45) is 0 Å². The Kier molecular flexibility index (Phi) is 3.10. The fourth-order valence-corrected chi connectivity index (χ4v) is 2.39. The number of rotatable bonds is 3. The fourth-order valence-electron chi connectivity index (χ4n) is 1.47. The number of nitrogens with one attached hydrogen (secondary N) is 1. The Bertz CT molecular complexity index is 554. The molecular weight excluding hydrogens is 240 g/mol. The first-order chi connectivity index (χ1) is 8.08. The maximum atomic E-state index is 11.2. The molecule has 0 unspecified atom stereocenters. The number of carboxylic acids is 1. The zero-order chi connectivity index (χ0) is 12.4. The van der Waals surface area contributed by atoms with Gasteiger partial charge in [0, 0.05) is 5.69 Å². The third-order valence-electron chi connectivity index (χ3n) is 2.11. The van der Waals surface area contributed by atoms with E-state index in [1.54, 1.807) is 13.0 Å². The summed E-state index contributed by atoms with van der Waals surface area (Å²) in [5.41, 5.74) is 1.67. The summed E-state index contributed by atoms with van der Waals surface area (Å²) in [6, 6.07) is 1.74. The largest absolute Gasteiger partial charge is 0.478 e. The summed E-state index contributed by atoms with van der Waals surface area (Å²) in [4.78, 5) is 19.3. The molecule has 17 heavy (non-hydrogen) atoms. The van der Waals surface area contributed by atoms with E-state index in [9.17, 15) is 4.79 Å². The van der Waals surface area contributed by atoms with Crippen molar-refractivity contribution in [1.29, 1.82) is 0 Å². The van der Waals surface area contributed by atoms with Crippen LogP contribution >= 0.6 is 11.8 Å². The highest BCUT2D eigenvalue weighted by atomic mass is 32.2. The van der Waals surface area contributed by atoms with E-state index < -0.39 is 5.97 Å². The molecule has 2 aromatic rings. The number of carbonyl (C=O) groups is 1. The molecule has 0 aromatic carbocycles. The smallest absolute Gasteiger partial charge is 0.338 e. The van der Waals surface area contributed by atoms with Gasteiger partial charge in [-0.3, -0.25) is 5.10 Å². The number of carboxylic acid groups (broad SMARTS) is 1. The third kappa shape index (κ3) is 2.44. The Morgan fingerprint density at radius 1 is 1.47 bits per heavy atom. The normalized spacial score (nSPS) is 10.5. The van der Waals surface area contributed by atoms with Crippen molar-refractivity contribution in [2.75, 3.05) is 0 Å². The zero-order valence-corrected chi connectivity index (χ0v) is 10.1. The van der Waals surface area contributed by atoms with Crippen molar-refractivity contribution in [3.63, 3.8) is 0 Å². The topological polar surface area (TPSA) is 91.8 Å². The molecule has 0 radical (unpaired) electrons. The van der Waals surface area contributed by atoms with Gasteiger partial charge in [-0.25, -0.2) is 14.8 Å². The Hall–Kier alpha value is -1.89. The number of H-pyrrole nitrogens is 1. The monoisotopic (exact) mass is 250 g/mol. The molecule has 0 fully saturated rings. The first-order valence-corrected chi connectivity index (χ1v) is 5.64. The van der Waals surface area contributed by atoms with E-state index in [-0.39, 0.29) is 5.56 Å². The van der Waals surface area contributed by atoms with Crippen LogP contribution in [0, 0.1) is 13.8 Å². The summed E-state index contributed by atoms with van der Waals surface area (Å²) >= 11 is 1.16. The number of aromatic carboxylic acids is 1. The van der Waals surface area contributed by atoms with Crippen molar-refractivity contribution >= 4 is 17.7 Å². The van der Waals surface area contributed by atoms with Crippen molar-refractivity contribution in [3.05, 3.63) is 29.2 Å². The second-order valence-corrected chi connectivity index (χ2v) is 4.44. The predicted octanol–water partition coefficient (Wildman–Crippen LogP) is 1.67. The Morgan fingerprint density at radius 3 is 2.82 bits per heavy atom. The molecule has 0 amide bonds. The Balaban J connectivity index is 2.47. The summed E-state index contributed by atoms with van der Waals surface area (Å²) in [6.07, 6.45) is 1.37. The minimum atomic E-state index is -0.989. The molecule has 0 saturated heterocycles. The highest BCUT2D eigenvalue weighted by molar-refractivity contribution is 7.99. The maximum Gasteiger partial charge on any atom is 0.338 e. The minimum absolute atomic E-state index is 0.206. The Labute approximate surface area is 101 Å². The van der Waals surface area contributed by atoms with Crippen LogP contribution < -0.4 is 0 Å². The van der Waals surface area contributed by atoms with E-state index in [0.717, 1.165) is 17.5 Å². The second kappa shape index (κ2) is 4.54. The number of aromatic amines is 1. The van der Waals surface area contributed by atoms with Crippen LogP contribution in [0.25, 0.3) is 0 Å². The molecule has 2 N–H and O–H groups in total. The van der Waals surface area contributed by atoms with Gasteiger partial charge in [0.2, 0.25) is 0 Å². The average molecular weight is 250 g/mol. The number of aryl methyl sites for hydroxylation is 2. The summed E-state index contributed by atoms with van der Waals surface area (Å²) in [6.45, 7) is 3.58. The lowest BCUT2D eigenvalue weighted by molar-refractivity contribution is 0.0691. The van der Waals surface area contributed by atoms with Gasteiger partial charge in [0.25, 0.3) is 0 Å². The molecule has 0 bridgehead atoms. The van der Waals surface area contributed by atoms with Gasteiger partial charge in [0.1, 0.15) is 11.4 Å². The first kappa shape index (κ1) is 11.6. The highest BCUT2D eigenvalue weighted by Gasteiger charge is 2.17. The molecule has 88 valence electrons. The summed E-state index contributed by atoms with van der Waals surface area (Å²) in [5.74, 6) is -0.989. The molecule has 0 aliphatic heterocycles. The molecule has 0 atom stereocenters. The molecule has 0 spiro atoms. The van der Waals surface area contributed by atoms with Crippen LogP contribution in [0.4, 0.5) is 0 Å². The SMILES string of the molecule is Cc1cc(C)c(C(=O)O)c(Sc2ncn[nH]2)n1. The van der Waals surface area contributed by atoms with Crippen LogP contribution in [0.15, 0.2) is 22.6 Å².